The summed E-state index contributed by atoms with van der Waals surface area (Å²) in [6.07, 6.45) is 1.27. The maximum Gasteiger partial charge on any atom is 0.331 e. The number of esters is 1. The molecular weight excluding hydrogens is 332 g/mol. The van der Waals surface area contributed by atoms with E-state index in [1.165, 1.54) is 25.1 Å². The summed E-state index contributed by atoms with van der Waals surface area (Å²) in [6, 6.07) is 2.55. The van der Waals surface area contributed by atoms with Gasteiger partial charge in [0.15, 0.2) is 17.6 Å². The fraction of sp³-hybridized carbons (Fsp3) is 0.375. The van der Waals surface area contributed by atoms with Gasteiger partial charge in [0.05, 0.1) is 16.6 Å². The highest BCUT2D eigenvalue weighted by Gasteiger charge is 2.22. The predicted octanol–water partition coefficient (Wildman–Crippen LogP) is 1.79. The molecule has 0 fully saturated rings. The minimum atomic E-state index is -0.980. The van der Waals surface area contributed by atoms with Crippen molar-refractivity contribution in [2.45, 2.75) is 32.9 Å². The van der Waals surface area contributed by atoms with E-state index in [1.807, 2.05) is 0 Å². The molecule has 0 saturated carbocycles. The standard InChI is InChI=1S/C16H18N2O7/c1-9(2)17-16(20)10(3)25-15(19)5-4-11-6-13-14(24-8-23-13)7-12(11)18(21)22/h4-7,9-10H,8H2,1-3H3,(H,17,20)/b5-4+/t10-/m1/s1. The Morgan fingerprint density at radius 1 is 1.28 bits per heavy atom. The van der Waals surface area contributed by atoms with Crippen LogP contribution in [-0.4, -0.2) is 35.7 Å². The van der Waals surface area contributed by atoms with Crippen molar-refractivity contribution in [1.29, 1.82) is 0 Å². The van der Waals surface area contributed by atoms with Crippen LogP contribution in [0, 0.1) is 10.1 Å². The van der Waals surface area contributed by atoms with Crippen molar-refractivity contribution in [2.24, 2.45) is 0 Å². The van der Waals surface area contributed by atoms with Gasteiger partial charge in [-0.2, -0.15) is 0 Å². The molecule has 0 bridgehead atoms. The van der Waals surface area contributed by atoms with Gasteiger partial charge in [0.25, 0.3) is 11.6 Å². The topological polar surface area (TPSA) is 117 Å². The van der Waals surface area contributed by atoms with Gasteiger partial charge in [0, 0.05) is 12.1 Å². The summed E-state index contributed by atoms with van der Waals surface area (Å²) >= 11 is 0. The number of carbonyl (C=O) groups excluding carboxylic acids is 2. The lowest BCUT2D eigenvalue weighted by atomic mass is 10.1. The maximum absolute atomic E-state index is 11.8. The molecule has 1 aromatic rings. The molecule has 9 nitrogen and oxygen atoms in total. The third-order valence-electron chi connectivity index (χ3n) is 3.21. The number of nitrogens with one attached hydrogen (secondary N) is 1. The third kappa shape index (κ3) is 4.69. The Morgan fingerprint density at radius 3 is 2.52 bits per heavy atom. The minimum absolute atomic E-state index is 0.0236. The van der Waals surface area contributed by atoms with Crippen LogP contribution in [0.15, 0.2) is 18.2 Å². The van der Waals surface area contributed by atoms with Gasteiger partial charge in [-0.25, -0.2) is 4.79 Å². The average Bonchev–Trinajstić information content (AvgIpc) is 2.98. The molecule has 0 saturated heterocycles. The molecule has 1 aliphatic heterocycles. The Kier molecular flexibility index (Phi) is 5.58. The van der Waals surface area contributed by atoms with Crippen LogP contribution in [0.4, 0.5) is 5.69 Å². The Bertz CT molecular complexity index is 727. The molecule has 134 valence electrons. The molecule has 0 radical (unpaired) electrons. The average molecular weight is 350 g/mol. The largest absolute Gasteiger partial charge is 0.454 e. The first-order valence-corrected chi connectivity index (χ1v) is 7.55. The second-order valence-electron chi connectivity index (χ2n) is 5.60. The lowest BCUT2D eigenvalue weighted by molar-refractivity contribution is -0.385. The van der Waals surface area contributed by atoms with E-state index in [2.05, 4.69) is 5.32 Å². The summed E-state index contributed by atoms with van der Waals surface area (Å²) in [7, 11) is 0. The van der Waals surface area contributed by atoms with Crippen molar-refractivity contribution in [1.82, 2.24) is 5.32 Å². The van der Waals surface area contributed by atoms with Crippen molar-refractivity contribution in [3.63, 3.8) is 0 Å². The highest BCUT2D eigenvalue weighted by atomic mass is 16.7. The van der Waals surface area contributed by atoms with Crippen LogP contribution in [0.1, 0.15) is 26.3 Å². The first-order valence-electron chi connectivity index (χ1n) is 7.55. The van der Waals surface area contributed by atoms with Gasteiger partial charge < -0.3 is 19.5 Å². The highest BCUT2D eigenvalue weighted by Crippen LogP contribution is 2.38. The Labute approximate surface area is 143 Å². The number of amides is 1. The van der Waals surface area contributed by atoms with Crippen LogP contribution >= 0.6 is 0 Å². The number of hydrogen-bond donors (Lipinski definition) is 1. The number of benzene rings is 1. The zero-order chi connectivity index (χ0) is 18.6. The number of nitro benzene ring substituents is 1. The van der Waals surface area contributed by atoms with E-state index in [9.17, 15) is 19.7 Å². The number of rotatable bonds is 6. The smallest absolute Gasteiger partial charge is 0.331 e. The van der Waals surface area contributed by atoms with E-state index in [0.29, 0.717) is 5.75 Å². The molecule has 1 heterocycles. The van der Waals surface area contributed by atoms with Crippen LogP contribution < -0.4 is 14.8 Å². The summed E-state index contributed by atoms with van der Waals surface area (Å²) in [5.74, 6) is -0.599. The summed E-state index contributed by atoms with van der Waals surface area (Å²) in [6.45, 7) is 4.98. The van der Waals surface area contributed by atoms with E-state index in [0.717, 1.165) is 6.08 Å². The van der Waals surface area contributed by atoms with Gasteiger partial charge in [-0.1, -0.05) is 0 Å². The number of fused-ring (bicyclic) bond motifs is 1. The fourth-order valence-electron chi connectivity index (χ4n) is 2.07. The lowest BCUT2D eigenvalue weighted by Gasteiger charge is -2.14. The van der Waals surface area contributed by atoms with Crippen LogP contribution in [0.25, 0.3) is 6.08 Å². The number of nitro groups is 1. The molecule has 9 heteroatoms. The highest BCUT2D eigenvalue weighted by molar-refractivity contribution is 5.91. The van der Waals surface area contributed by atoms with E-state index in [-0.39, 0.29) is 29.8 Å². The van der Waals surface area contributed by atoms with Gasteiger partial charge in [0.2, 0.25) is 6.79 Å². The minimum Gasteiger partial charge on any atom is -0.454 e. The van der Waals surface area contributed by atoms with Crippen LogP contribution in [0.2, 0.25) is 0 Å². The van der Waals surface area contributed by atoms with Gasteiger partial charge >= 0.3 is 5.97 Å². The normalized spacial score (nSPS) is 13.8. The molecule has 2 rings (SSSR count). The van der Waals surface area contributed by atoms with Crippen LogP contribution in [0.5, 0.6) is 11.5 Å². The summed E-state index contributed by atoms with van der Waals surface area (Å²) in [5, 5.41) is 13.8. The Balaban J connectivity index is 2.09. The molecule has 1 aromatic carbocycles. The van der Waals surface area contributed by atoms with E-state index < -0.39 is 22.9 Å². The number of carbonyl (C=O) groups is 2. The monoisotopic (exact) mass is 350 g/mol. The fourth-order valence-corrected chi connectivity index (χ4v) is 2.07. The molecule has 0 spiro atoms. The molecule has 1 aliphatic rings. The van der Waals surface area contributed by atoms with E-state index in [1.54, 1.807) is 13.8 Å². The predicted molar refractivity (Wildman–Crippen MR) is 87.1 cm³/mol. The molecule has 25 heavy (non-hydrogen) atoms. The quantitative estimate of drug-likeness (QED) is 0.360. The molecule has 1 N–H and O–H groups in total. The lowest BCUT2D eigenvalue weighted by Crippen LogP contribution is -2.39. The van der Waals surface area contributed by atoms with Crippen molar-refractivity contribution in [3.8, 4) is 11.5 Å². The molecular formula is C16H18N2O7. The first kappa shape index (κ1) is 18.2. The number of hydrogen-bond acceptors (Lipinski definition) is 7. The van der Waals surface area contributed by atoms with Crippen molar-refractivity contribution < 1.29 is 28.7 Å². The van der Waals surface area contributed by atoms with Crippen LogP contribution in [-0.2, 0) is 14.3 Å². The SMILES string of the molecule is CC(C)NC(=O)[C@@H](C)OC(=O)/C=C/c1cc2c(cc1[N+](=O)[O-])OCO2. The van der Waals surface area contributed by atoms with Crippen molar-refractivity contribution in [3.05, 3.63) is 33.9 Å². The first-order chi connectivity index (χ1) is 11.8. The van der Waals surface area contributed by atoms with Crippen molar-refractivity contribution >= 4 is 23.6 Å². The summed E-state index contributed by atoms with van der Waals surface area (Å²) in [5.41, 5.74) is -0.0793. The molecule has 1 amide bonds. The molecule has 1 atom stereocenters. The van der Waals surface area contributed by atoms with Crippen LogP contribution in [0.3, 0.4) is 0 Å². The van der Waals surface area contributed by atoms with Gasteiger partial charge in [-0.3, -0.25) is 14.9 Å². The molecule has 0 aliphatic carbocycles. The third-order valence-corrected chi connectivity index (χ3v) is 3.21. The summed E-state index contributed by atoms with van der Waals surface area (Å²) < 4.78 is 15.2. The van der Waals surface area contributed by atoms with E-state index >= 15 is 0 Å². The number of nitrogens with zero attached hydrogens (tertiary/aromatic N) is 1. The van der Waals surface area contributed by atoms with Gasteiger partial charge in [-0.15, -0.1) is 0 Å². The second-order valence-corrected chi connectivity index (χ2v) is 5.60. The van der Waals surface area contributed by atoms with E-state index in [4.69, 9.17) is 14.2 Å². The molecule has 0 aromatic heterocycles. The van der Waals surface area contributed by atoms with Crippen molar-refractivity contribution in [2.75, 3.05) is 6.79 Å². The number of ether oxygens (including phenoxy) is 3. The second kappa shape index (κ2) is 7.65. The molecule has 0 unspecified atom stereocenters. The Hall–Kier alpha value is -3.10. The zero-order valence-corrected chi connectivity index (χ0v) is 14.0. The maximum atomic E-state index is 11.8. The van der Waals surface area contributed by atoms with Gasteiger partial charge in [-0.05, 0) is 32.9 Å². The Morgan fingerprint density at radius 2 is 1.92 bits per heavy atom. The summed E-state index contributed by atoms with van der Waals surface area (Å²) in [4.78, 5) is 34.1. The van der Waals surface area contributed by atoms with Gasteiger partial charge in [0.1, 0.15) is 0 Å². The zero-order valence-electron chi connectivity index (χ0n) is 14.0.